The van der Waals surface area contributed by atoms with Crippen LogP contribution in [-0.4, -0.2) is 52.7 Å². The van der Waals surface area contributed by atoms with Gasteiger partial charge in [-0.3, -0.25) is 9.88 Å². The molecule has 218 valence electrons. The first-order valence-electron chi connectivity index (χ1n) is 12.7. The molecule has 0 atom stereocenters. The van der Waals surface area contributed by atoms with Gasteiger partial charge in [-0.15, -0.1) is 12.4 Å². The van der Waals surface area contributed by atoms with E-state index in [1.54, 1.807) is 6.07 Å². The number of nitrogens with one attached hydrogen (secondary N) is 1. The fourth-order valence-electron chi connectivity index (χ4n) is 4.56. The van der Waals surface area contributed by atoms with Crippen molar-refractivity contribution in [2.45, 2.75) is 25.2 Å². The van der Waals surface area contributed by atoms with Crippen molar-refractivity contribution in [1.82, 2.24) is 19.9 Å². The van der Waals surface area contributed by atoms with Gasteiger partial charge in [0, 0.05) is 42.3 Å². The van der Waals surface area contributed by atoms with Crippen LogP contribution < -0.4 is 5.32 Å². The molecule has 1 aliphatic rings. The highest BCUT2D eigenvalue weighted by Gasteiger charge is 2.34. The van der Waals surface area contributed by atoms with Gasteiger partial charge < -0.3 is 10.1 Å². The van der Waals surface area contributed by atoms with Crippen LogP contribution in [0.4, 0.5) is 37.8 Å². The third kappa shape index (κ3) is 7.43. The molecule has 41 heavy (non-hydrogen) atoms. The number of rotatable bonds is 7. The van der Waals surface area contributed by atoms with Crippen molar-refractivity contribution in [3.05, 3.63) is 77.7 Å². The standard InChI is InChI=1S/C28H25F6N5O.ClH/c29-27(30,31)19-6-8-20(9-7-19)36-26-21-10-5-18(25-22(28(32,33)34)3-1-11-35-25)17-23(21)37-24(38-26)4-2-12-39-13-15-40-16-14-39;/h1,3,5-11,17H,2,4,12-16H2,(H,36,37,38);1H. The lowest BCUT2D eigenvalue weighted by atomic mass is 10.0. The van der Waals surface area contributed by atoms with E-state index in [0.29, 0.717) is 47.9 Å². The third-order valence-corrected chi connectivity index (χ3v) is 6.58. The number of nitrogens with zero attached hydrogens (tertiary/aromatic N) is 4. The number of morpholine rings is 1. The van der Waals surface area contributed by atoms with Crippen LogP contribution >= 0.6 is 12.4 Å². The topological polar surface area (TPSA) is 63.2 Å². The monoisotopic (exact) mass is 597 g/mol. The average molecular weight is 598 g/mol. The summed E-state index contributed by atoms with van der Waals surface area (Å²) < 4.78 is 85.4. The van der Waals surface area contributed by atoms with E-state index in [0.717, 1.165) is 44.3 Å². The van der Waals surface area contributed by atoms with Gasteiger partial charge >= 0.3 is 12.4 Å². The Morgan fingerprint density at radius 2 is 1.61 bits per heavy atom. The first-order valence-corrected chi connectivity index (χ1v) is 12.7. The first-order chi connectivity index (χ1) is 19.1. The molecule has 1 N–H and O–H groups in total. The minimum atomic E-state index is -4.59. The Balaban J connectivity index is 0.00000387. The van der Waals surface area contributed by atoms with E-state index in [1.165, 1.54) is 36.5 Å². The molecule has 1 saturated heterocycles. The second-order valence-corrected chi connectivity index (χ2v) is 9.38. The quantitative estimate of drug-likeness (QED) is 0.228. The van der Waals surface area contributed by atoms with Gasteiger partial charge in [-0.25, -0.2) is 9.97 Å². The zero-order chi connectivity index (χ0) is 28.3. The number of anilines is 2. The Labute approximate surface area is 238 Å². The highest BCUT2D eigenvalue weighted by Crippen LogP contribution is 2.37. The maximum Gasteiger partial charge on any atom is 0.418 e. The second-order valence-electron chi connectivity index (χ2n) is 9.38. The molecule has 0 radical (unpaired) electrons. The van der Waals surface area contributed by atoms with Crippen LogP contribution in [0.15, 0.2) is 60.8 Å². The molecule has 4 aromatic rings. The van der Waals surface area contributed by atoms with Crippen LogP contribution in [0.25, 0.3) is 22.2 Å². The van der Waals surface area contributed by atoms with Gasteiger partial charge in [-0.1, -0.05) is 6.07 Å². The van der Waals surface area contributed by atoms with Crippen LogP contribution in [0.5, 0.6) is 0 Å². The summed E-state index contributed by atoms with van der Waals surface area (Å²) in [5, 5.41) is 3.56. The summed E-state index contributed by atoms with van der Waals surface area (Å²) in [5.41, 5.74) is -0.866. The smallest absolute Gasteiger partial charge is 0.379 e. The Bertz CT molecular complexity index is 1470. The number of benzene rings is 2. The molecule has 0 aliphatic carbocycles. The molecule has 6 nitrogen and oxygen atoms in total. The highest BCUT2D eigenvalue weighted by atomic mass is 35.5. The van der Waals surface area contributed by atoms with Gasteiger partial charge in [-0.2, -0.15) is 26.3 Å². The van der Waals surface area contributed by atoms with E-state index in [-0.39, 0.29) is 23.7 Å². The number of pyridine rings is 1. The van der Waals surface area contributed by atoms with Crippen LogP contribution in [0, 0.1) is 0 Å². The zero-order valence-electron chi connectivity index (χ0n) is 21.6. The molecule has 1 aliphatic heterocycles. The molecule has 0 saturated carbocycles. The Kier molecular flexibility index (Phi) is 9.35. The summed E-state index contributed by atoms with van der Waals surface area (Å²) in [6.45, 7) is 3.80. The number of aromatic nitrogens is 3. The summed E-state index contributed by atoms with van der Waals surface area (Å²) in [6.07, 6.45) is -6.53. The Morgan fingerprint density at radius 1 is 0.878 bits per heavy atom. The van der Waals surface area contributed by atoms with Crippen molar-refractivity contribution in [3.8, 4) is 11.3 Å². The Hall–Kier alpha value is -3.48. The highest BCUT2D eigenvalue weighted by molar-refractivity contribution is 5.93. The normalized spacial score (nSPS) is 14.6. The predicted molar refractivity (Wildman–Crippen MR) is 145 cm³/mol. The lowest BCUT2D eigenvalue weighted by Crippen LogP contribution is -2.37. The molecule has 0 unspecified atom stereocenters. The summed E-state index contributed by atoms with van der Waals surface area (Å²) in [7, 11) is 0. The largest absolute Gasteiger partial charge is 0.418 e. The van der Waals surface area contributed by atoms with Gasteiger partial charge in [0.1, 0.15) is 11.6 Å². The number of hydrogen-bond acceptors (Lipinski definition) is 6. The lowest BCUT2D eigenvalue weighted by Gasteiger charge is -2.26. The molecule has 3 heterocycles. The minimum absolute atomic E-state index is 0. The molecule has 1 fully saturated rings. The molecule has 0 bridgehead atoms. The van der Waals surface area contributed by atoms with E-state index in [4.69, 9.17) is 4.74 Å². The molecule has 5 rings (SSSR count). The van der Waals surface area contributed by atoms with E-state index in [1.807, 2.05) is 0 Å². The number of aryl methyl sites for hydroxylation is 1. The maximum absolute atomic E-state index is 13.7. The van der Waals surface area contributed by atoms with Crippen molar-refractivity contribution >= 4 is 34.8 Å². The minimum Gasteiger partial charge on any atom is -0.379 e. The predicted octanol–water partition coefficient (Wildman–Crippen LogP) is 7.16. The van der Waals surface area contributed by atoms with Crippen molar-refractivity contribution < 1.29 is 31.1 Å². The summed E-state index contributed by atoms with van der Waals surface area (Å²) >= 11 is 0. The van der Waals surface area contributed by atoms with Gasteiger partial charge in [-0.05, 0) is 61.5 Å². The fraction of sp³-hybridized carbons (Fsp3) is 0.321. The molecule has 0 spiro atoms. The Morgan fingerprint density at radius 3 is 2.29 bits per heavy atom. The summed E-state index contributed by atoms with van der Waals surface area (Å²) in [5.74, 6) is 0.805. The van der Waals surface area contributed by atoms with E-state index in [2.05, 4.69) is 25.2 Å². The molecular weight excluding hydrogens is 572 g/mol. The third-order valence-electron chi connectivity index (χ3n) is 6.58. The second kappa shape index (κ2) is 12.6. The van der Waals surface area contributed by atoms with Crippen molar-refractivity contribution in [2.75, 3.05) is 38.2 Å². The molecule has 2 aromatic carbocycles. The van der Waals surface area contributed by atoms with Crippen LogP contribution in [-0.2, 0) is 23.5 Å². The van der Waals surface area contributed by atoms with Gasteiger partial charge in [0.2, 0.25) is 0 Å². The number of halogens is 7. The van der Waals surface area contributed by atoms with E-state index >= 15 is 0 Å². The summed E-state index contributed by atoms with van der Waals surface area (Å²) in [4.78, 5) is 15.5. The van der Waals surface area contributed by atoms with Crippen LogP contribution in [0.2, 0.25) is 0 Å². The lowest BCUT2D eigenvalue weighted by molar-refractivity contribution is -0.138. The van der Waals surface area contributed by atoms with Crippen molar-refractivity contribution in [1.29, 1.82) is 0 Å². The van der Waals surface area contributed by atoms with Gasteiger partial charge in [0.15, 0.2) is 0 Å². The van der Waals surface area contributed by atoms with Gasteiger partial charge in [0.25, 0.3) is 0 Å². The average Bonchev–Trinajstić information content (AvgIpc) is 2.93. The molecule has 2 aromatic heterocycles. The summed E-state index contributed by atoms with van der Waals surface area (Å²) in [6, 6.07) is 11.3. The van der Waals surface area contributed by atoms with Gasteiger partial charge in [0.05, 0.1) is 35.6 Å². The number of hydrogen-bond donors (Lipinski definition) is 1. The van der Waals surface area contributed by atoms with Crippen LogP contribution in [0.3, 0.4) is 0 Å². The molecule has 0 amide bonds. The fourth-order valence-corrected chi connectivity index (χ4v) is 4.56. The van der Waals surface area contributed by atoms with Crippen molar-refractivity contribution in [2.24, 2.45) is 0 Å². The maximum atomic E-state index is 13.7. The van der Waals surface area contributed by atoms with Crippen LogP contribution in [0.1, 0.15) is 23.4 Å². The van der Waals surface area contributed by atoms with E-state index in [9.17, 15) is 26.3 Å². The number of alkyl halides is 6. The molecular formula is C28H26ClF6N5O. The van der Waals surface area contributed by atoms with E-state index < -0.39 is 23.5 Å². The zero-order valence-corrected chi connectivity index (χ0v) is 22.4. The number of fused-ring (bicyclic) bond motifs is 1. The molecule has 13 heteroatoms. The SMILES string of the molecule is Cl.FC(F)(F)c1ccc(Nc2nc(CCCN3CCOCC3)nc3cc(-c4ncccc4C(F)(F)F)ccc23)cc1. The first kappa shape index (κ1) is 30.5. The number of ether oxygens (including phenoxy) is 1. The van der Waals surface area contributed by atoms with Crippen molar-refractivity contribution in [3.63, 3.8) is 0 Å².